The van der Waals surface area contributed by atoms with E-state index in [0.29, 0.717) is 50.3 Å². The van der Waals surface area contributed by atoms with E-state index >= 15 is 0 Å². The molecule has 5 rings (SSSR count). The molecule has 8 nitrogen and oxygen atoms in total. The Morgan fingerprint density at radius 1 is 1.03 bits per heavy atom. The third-order valence-corrected chi connectivity index (χ3v) is 6.32. The molecule has 3 saturated heterocycles. The smallest absolute Gasteiger partial charge is 0.263 e. The predicted octanol–water partition coefficient (Wildman–Crippen LogP) is 2.85. The van der Waals surface area contributed by atoms with Gasteiger partial charge in [-0.15, -0.1) is 0 Å². The number of aromatic nitrogens is 2. The third-order valence-electron chi connectivity index (χ3n) is 6.32. The van der Waals surface area contributed by atoms with Gasteiger partial charge in [-0.1, -0.05) is 18.2 Å². The van der Waals surface area contributed by atoms with E-state index in [4.69, 9.17) is 14.2 Å². The summed E-state index contributed by atoms with van der Waals surface area (Å²) >= 11 is 0. The monoisotopic (exact) mass is 424 g/mol. The van der Waals surface area contributed by atoms with Crippen LogP contribution in [0.2, 0.25) is 0 Å². The molecule has 4 heterocycles. The van der Waals surface area contributed by atoms with Gasteiger partial charge in [0.15, 0.2) is 11.6 Å². The van der Waals surface area contributed by atoms with E-state index in [1.807, 2.05) is 35.2 Å². The maximum Gasteiger partial charge on any atom is 0.263 e. The van der Waals surface area contributed by atoms with Gasteiger partial charge in [0.2, 0.25) is 5.91 Å². The second-order valence-corrected chi connectivity index (χ2v) is 8.32. The van der Waals surface area contributed by atoms with Crippen molar-refractivity contribution in [2.75, 3.05) is 44.3 Å². The van der Waals surface area contributed by atoms with Crippen molar-refractivity contribution < 1.29 is 19.0 Å². The topological polar surface area (TPSA) is 77.0 Å². The second kappa shape index (κ2) is 8.80. The highest BCUT2D eigenvalue weighted by atomic mass is 16.7. The molecule has 8 heteroatoms. The van der Waals surface area contributed by atoms with Gasteiger partial charge in [-0.25, -0.2) is 9.97 Å². The van der Waals surface area contributed by atoms with E-state index in [1.165, 1.54) is 0 Å². The lowest BCUT2D eigenvalue weighted by molar-refractivity contribution is -0.188. The zero-order chi connectivity index (χ0) is 21.1. The first-order valence-corrected chi connectivity index (χ1v) is 11.1. The number of hydrogen-bond acceptors (Lipinski definition) is 7. The molecule has 2 aromatic rings. The number of carbonyl (C=O) groups is 1. The van der Waals surface area contributed by atoms with Crippen molar-refractivity contribution in [3.8, 4) is 11.6 Å². The first kappa shape index (κ1) is 20.2. The molecule has 0 aliphatic carbocycles. The molecular formula is C23H28N4O4. The number of rotatable bonds is 4. The van der Waals surface area contributed by atoms with Crippen molar-refractivity contribution in [3.05, 3.63) is 42.7 Å². The van der Waals surface area contributed by atoms with Crippen LogP contribution in [0.15, 0.2) is 42.7 Å². The highest BCUT2D eigenvalue weighted by Gasteiger charge is 2.42. The standard InChI is InChI=1S/C23H28N4O4/c28-22(26-13-8-23(9-14-26)29-15-16-30-23)18-5-4-12-27(17-18)20-21(25-11-10-24-20)31-19-6-2-1-3-7-19/h1-3,6-7,10-11,18H,4-5,8-9,12-17H2/t18-/m1/s1. The molecule has 31 heavy (non-hydrogen) atoms. The second-order valence-electron chi connectivity index (χ2n) is 8.32. The van der Waals surface area contributed by atoms with Gasteiger partial charge in [-0.2, -0.15) is 0 Å². The molecule has 3 aliphatic heterocycles. The largest absolute Gasteiger partial charge is 0.436 e. The molecule has 1 atom stereocenters. The molecule has 3 fully saturated rings. The van der Waals surface area contributed by atoms with Crippen molar-refractivity contribution in [1.82, 2.24) is 14.9 Å². The maximum atomic E-state index is 13.3. The molecule has 1 amide bonds. The lowest BCUT2D eigenvalue weighted by atomic mass is 9.94. The van der Waals surface area contributed by atoms with Gasteiger partial charge in [-0.3, -0.25) is 4.79 Å². The average Bonchev–Trinajstić information content (AvgIpc) is 3.28. The van der Waals surface area contributed by atoms with Crippen LogP contribution in [0.4, 0.5) is 5.82 Å². The number of benzene rings is 1. The molecule has 0 unspecified atom stereocenters. The predicted molar refractivity (Wildman–Crippen MR) is 114 cm³/mol. The molecule has 164 valence electrons. The molecule has 0 saturated carbocycles. The Balaban J connectivity index is 1.25. The summed E-state index contributed by atoms with van der Waals surface area (Å²) in [7, 11) is 0. The normalized spacial score (nSPS) is 23.2. The Kier molecular flexibility index (Phi) is 5.74. The minimum Gasteiger partial charge on any atom is -0.436 e. The van der Waals surface area contributed by atoms with Gasteiger partial charge >= 0.3 is 0 Å². The fourth-order valence-corrected chi connectivity index (χ4v) is 4.69. The summed E-state index contributed by atoms with van der Waals surface area (Å²) in [4.78, 5) is 26.3. The summed E-state index contributed by atoms with van der Waals surface area (Å²) in [6.07, 6.45) is 6.61. The number of anilines is 1. The summed E-state index contributed by atoms with van der Waals surface area (Å²) in [6.45, 7) is 4.12. The molecule has 3 aliphatic rings. The van der Waals surface area contributed by atoms with Crippen LogP contribution in [0.25, 0.3) is 0 Å². The number of para-hydroxylation sites is 1. The highest BCUT2D eigenvalue weighted by Crippen LogP contribution is 2.34. The fraction of sp³-hybridized carbons (Fsp3) is 0.522. The molecule has 0 N–H and O–H groups in total. The number of amides is 1. The minimum absolute atomic E-state index is 0.0557. The number of carbonyl (C=O) groups excluding carboxylic acids is 1. The van der Waals surface area contributed by atoms with Crippen LogP contribution < -0.4 is 9.64 Å². The molecule has 1 aromatic heterocycles. The van der Waals surface area contributed by atoms with Crippen molar-refractivity contribution in [1.29, 1.82) is 0 Å². The lowest BCUT2D eigenvalue weighted by Crippen LogP contribution is -2.51. The fourth-order valence-electron chi connectivity index (χ4n) is 4.69. The molecule has 1 spiro atoms. The van der Waals surface area contributed by atoms with E-state index in [9.17, 15) is 4.79 Å². The van der Waals surface area contributed by atoms with E-state index in [1.54, 1.807) is 12.4 Å². The number of nitrogens with zero attached hydrogens (tertiary/aromatic N) is 4. The first-order chi connectivity index (χ1) is 15.2. The summed E-state index contributed by atoms with van der Waals surface area (Å²) in [5.74, 6) is 1.57. The van der Waals surface area contributed by atoms with Gasteiger partial charge in [0, 0.05) is 51.4 Å². The van der Waals surface area contributed by atoms with Crippen LogP contribution in [0.1, 0.15) is 25.7 Å². The molecule has 1 aromatic carbocycles. The minimum atomic E-state index is -0.460. The third kappa shape index (κ3) is 4.36. The number of ether oxygens (including phenoxy) is 3. The van der Waals surface area contributed by atoms with Crippen LogP contribution in [-0.2, 0) is 14.3 Å². The van der Waals surface area contributed by atoms with Gasteiger partial charge in [0.25, 0.3) is 5.88 Å². The Hall–Kier alpha value is -2.71. The van der Waals surface area contributed by atoms with Crippen molar-refractivity contribution in [3.63, 3.8) is 0 Å². The van der Waals surface area contributed by atoms with Crippen molar-refractivity contribution in [2.24, 2.45) is 5.92 Å². The zero-order valence-electron chi connectivity index (χ0n) is 17.6. The maximum absolute atomic E-state index is 13.3. The lowest BCUT2D eigenvalue weighted by Gasteiger charge is -2.40. The number of likely N-dealkylation sites (tertiary alicyclic amines) is 1. The van der Waals surface area contributed by atoms with Gasteiger partial charge < -0.3 is 24.0 Å². The van der Waals surface area contributed by atoms with Gasteiger partial charge in [-0.05, 0) is 25.0 Å². The van der Waals surface area contributed by atoms with Crippen LogP contribution in [-0.4, -0.2) is 66.0 Å². The molecular weight excluding hydrogens is 396 g/mol. The van der Waals surface area contributed by atoms with Crippen LogP contribution in [0.5, 0.6) is 11.6 Å². The van der Waals surface area contributed by atoms with E-state index < -0.39 is 5.79 Å². The Morgan fingerprint density at radius 2 is 1.77 bits per heavy atom. The Labute approximate surface area is 182 Å². The van der Waals surface area contributed by atoms with Crippen LogP contribution in [0.3, 0.4) is 0 Å². The van der Waals surface area contributed by atoms with Crippen molar-refractivity contribution in [2.45, 2.75) is 31.5 Å². The summed E-state index contributed by atoms with van der Waals surface area (Å²) < 4.78 is 17.6. The van der Waals surface area contributed by atoms with Gasteiger partial charge in [0.1, 0.15) is 5.75 Å². The Bertz CT molecular complexity index is 893. The summed E-state index contributed by atoms with van der Waals surface area (Å²) in [6, 6.07) is 9.57. The molecule has 0 bridgehead atoms. The highest BCUT2D eigenvalue weighted by molar-refractivity contribution is 5.80. The summed E-state index contributed by atoms with van der Waals surface area (Å²) in [5, 5.41) is 0. The first-order valence-electron chi connectivity index (χ1n) is 11.1. The Morgan fingerprint density at radius 3 is 2.55 bits per heavy atom. The van der Waals surface area contributed by atoms with Crippen molar-refractivity contribution >= 4 is 11.7 Å². The van der Waals surface area contributed by atoms with Crippen LogP contribution >= 0.6 is 0 Å². The van der Waals surface area contributed by atoms with E-state index in [-0.39, 0.29) is 11.8 Å². The van der Waals surface area contributed by atoms with Crippen LogP contribution in [0, 0.1) is 5.92 Å². The SMILES string of the molecule is O=C([C@@H]1CCCN(c2nccnc2Oc2ccccc2)C1)N1CCC2(CC1)OCCO2. The van der Waals surface area contributed by atoms with E-state index in [2.05, 4.69) is 14.9 Å². The number of hydrogen-bond donors (Lipinski definition) is 0. The van der Waals surface area contributed by atoms with Gasteiger partial charge in [0.05, 0.1) is 19.1 Å². The van der Waals surface area contributed by atoms with E-state index in [0.717, 1.165) is 32.2 Å². The molecule has 0 radical (unpaired) electrons. The average molecular weight is 425 g/mol. The quantitative estimate of drug-likeness (QED) is 0.747. The number of piperidine rings is 2. The zero-order valence-corrected chi connectivity index (χ0v) is 17.6. The summed E-state index contributed by atoms with van der Waals surface area (Å²) in [5.41, 5.74) is 0.